The maximum absolute atomic E-state index is 13.4. The highest BCUT2D eigenvalue weighted by Gasteiger charge is 2.28. The minimum absolute atomic E-state index is 0.0675. The van der Waals surface area contributed by atoms with Crippen molar-refractivity contribution in [3.8, 4) is 5.75 Å². The number of hydrogen-bond acceptors (Lipinski definition) is 5. The van der Waals surface area contributed by atoms with Gasteiger partial charge in [0, 0.05) is 30.1 Å². The molecule has 7 heteroatoms. The van der Waals surface area contributed by atoms with Gasteiger partial charge in [-0.15, -0.1) is 0 Å². The van der Waals surface area contributed by atoms with Gasteiger partial charge in [0.2, 0.25) is 0 Å². The van der Waals surface area contributed by atoms with E-state index in [-0.39, 0.29) is 16.5 Å². The van der Waals surface area contributed by atoms with Crippen LogP contribution in [0, 0.1) is 10.1 Å². The summed E-state index contributed by atoms with van der Waals surface area (Å²) < 4.78 is 5.71. The van der Waals surface area contributed by atoms with E-state index in [1.165, 1.54) is 6.07 Å². The zero-order valence-electron chi connectivity index (χ0n) is 18.2. The van der Waals surface area contributed by atoms with Crippen LogP contribution in [0.15, 0.2) is 60.7 Å². The number of unbranched alkanes of at least 4 members (excludes halogenated alkanes) is 1. The highest BCUT2D eigenvalue weighted by molar-refractivity contribution is 6.01. The predicted octanol–water partition coefficient (Wildman–Crippen LogP) is 5.58. The largest absolute Gasteiger partial charge is 0.494 e. The van der Waals surface area contributed by atoms with Crippen LogP contribution in [-0.2, 0) is 0 Å². The van der Waals surface area contributed by atoms with Crippen molar-refractivity contribution in [1.29, 1.82) is 0 Å². The van der Waals surface area contributed by atoms with Crippen LogP contribution < -0.4 is 9.75 Å². The summed E-state index contributed by atoms with van der Waals surface area (Å²) in [5.41, 5.74) is 1.46. The summed E-state index contributed by atoms with van der Waals surface area (Å²) in [5.74, 6) is 0.666. The summed E-state index contributed by atoms with van der Waals surface area (Å²) in [4.78, 5) is 24.5. The topological polar surface area (TPSA) is 75.9 Å². The molecule has 0 aromatic heterocycles. The van der Waals surface area contributed by atoms with Crippen LogP contribution in [0.4, 0.5) is 11.4 Å². The number of hydrazine groups is 1. The van der Waals surface area contributed by atoms with Crippen molar-refractivity contribution in [1.82, 2.24) is 5.01 Å². The second-order valence-corrected chi connectivity index (χ2v) is 7.89. The molecule has 0 aliphatic carbocycles. The lowest BCUT2D eigenvalue weighted by atomic mass is 10.1. The molecule has 32 heavy (non-hydrogen) atoms. The van der Waals surface area contributed by atoms with Gasteiger partial charge in [0.25, 0.3) is 11.6 Å². The summed E-state index contributed by atoms with van der Waals surface area (Å²) in [6.07, 6.45) is 3.91. The summed E-state index contributed by atoms with van der Waals surface area (Å²) in [7, 11) is 0. The Morgan fingerprint density at radius 3 is 2.44 bits per heavy atom. The molecule has 3 aromatic rings. The average molecular weight is 434 g/mol. The van der Waals surface area contributed by atoms with Crippen molar-refractivity contribution in [3.05, 3.63) is 76.3 Å². The zero-order valence-corrected chi connectivity index (χ0v) is 18.2. The number of amides is 1. The molecule has 7 nitrogen and oxygen atoms in total. The van der Waals surface area contributed by atoms with Crippen molar-refractivity contribution in [2.45, 2.75) is 32.6 Å². The molecule has 0 saturated carbocycles. The third-order valence-corrected chi connectivity index (χ3v) is 5.74. The monoisotopic (exact) mass is 433 g/mol. The summed E-state index contributed by atoms with van der Waals surface area (Å²) in [5, 5.41) is 16.5. The minimum Gasteiger partial charge on any atom is -0.494 e. The second kappa shape index (κ2) is 9.68. The van der Waals surface area contributed by atoms with E-state index in [2.05, 4.69) is 6.92 Å². The van der Waals surface area contributed by atoms with Gasteiger partial charge in [-0.2, -0.15) is 0 Å². The van der Waals surface area contributed by atoms with E-state index in [0.717, 1.165) is 42.5 Å². The van der Waals surface area contributed by atoms with Gasteiger partial charge in [-0.1, -0.05) is 31.5 Å². The van der Waals surface area contributed by atoms with Crippen molar-refractivity contribution < 1.29 is 14.5 Å². The molecule has 1 aliphatic heterocycles. The first-order chi connectivity index (χ1) is 15.6. The molecule has 1 amide bonds. The maximum atomic E-state index is 13.4. The normalized spacial score (nSPS) is 13.9. The predicted molar refractivity (Wildman–Crippen MR) is 125 cm³/mol. The van der Waals surface area contributed by atoms with E-state index < -0.39 is 0 Å². The molecule has 1 saturated heterocycles. The Morgan fingerprint density at radius 2 is 1.72 bits per heavy atom. The number of benzene rings is 3. The molecule has 1 aliphatic rings. The first-order valence-corrected chi connectivity index (χ1v) is 11.1. The molecule has 1 heterocycles. The lowest BCUT2D eigenvalue weighted by molar-refractivity contribution is -0.383. The third kappa shape index (κ3) is 4.37. The number of non-ortho nitro benzene ring substituents is 1. The van der Waals surface area contributed by atoms with Crippen LogP contribution in [0.25, 0.3) is 10.8 Å². The van der Waals surface area contributed by atoms with Gasteiger partial charge in [-0.25, -0.2) is 5.01 Å². The standard InChI is InChI=1S/C25H27N3O4/c1-2-3-18-32-20-12-10-19(11-13-20)25(29)27-17-7-6-16-26(27)23-14-15-24(28(30)31)22-9-5-4-8-21(22)23/h4-5,8-15H,2-3,6-7,16-18H2,1H3. The Morgan fingerprint density at radius 1 is 1.00 bits per heavy atom. The molecule has 0 spiro atoms. The van der Waals surface area contributed by atoms with Gasteiger partial charge in [0.15, 0.2) is 0 Å². The fourth-order valence-electron chi connectivity index (χ4n) is 4.05. The number of carbonyl (C=O) groups excluding carboxylic acids is 1. The number of nitro groups is 1. The zero-order chi connectivity index (χ0) is 22.5. The molecule has 4 rings (SSSR count). The van der Waals surface area contributed by atoms with Crippen LogP contribution in [0.5, 0.6) is 5.75 Å². The molecule has 0 unspecified atom stereocenters. The van der Waals surface area contributed by atoms with Crippen molar-refractivity contribution in [2.75, 3.05) is 24.7 Å². The minimum atomic E-state index is -0.366. The highest BCUT2D eigenvalue weighted by atomic mass is 16.6. The average Bonchev–Trinajstić information content (AvgIpc) is 2.83. The molecular weight excluding hydrogens is 406 g/mol. The third-order valence-electron chi connectivity index (χ3n) is 5.74. The summed E-state index contributed by atoms with van der Waals surface area (Å²) >= 11 is 0. The number of anilines is 1. The summed E-state index contributed by atoms with van der Waals surface area (Å²) in [6, 6.07) is 17.8. The maximum Gasteiger partial charge on any atom is 0.277 e. The van der Waals surface area contributed by atoms with Crippen molar-refractivity contribution >= 4 is 28.1 Å². The van der Waals surface area contributed by atoms with Gasteiger partial charge in [-0.3, -0.25) is 19.9 Å². The second-order valence-electron chi connectivity index (χ2n) is 7.89. The summed E-state index contributed by atoms with van der Waals surface area (Å²) in [6.45, 7) is 4.05. The smallest absolute Gasteiger partial charge is 0.277 e. The van der Waals surface area contributed by atoms with E-state index in [9.17, 15) is 14.9 Å². The van der Waals surface area contributed by atoms with E-state index >= 15 is 0 Å². The van der Waals surface area contributed by atoms with Gasteiger partial charge >= 0.3 is 0 Å². The Balaban J connectivity index is 1.63. The first-order valence-electron chi connectivity index (χ1n) is 11.1. The lowest BCUT2D eigenvalue weighted by Gasteiger charge is -2.40. The van der Waals surface area contributed by atoms with Gasteiger partial charge < -0.3 is 4.74 Å². The van der Waals surface area contributed by atoms with Crippen LogP contribution in [0.1, 0.15) is 43.0 Å². The fourth-order valence-corrected chi connectivity index (χ4v) is 4.05. The van der Waals surface area contributed by atoms with Gasteiger partial charge in [0.1, 0.15) is 5.75 Å². The number of carbonyl (C=O) groups is 1. The molecule has 166 valence electrons. The molecule has 3 aromatic carbocycles. The number of fused-ring (bicyclic) bond motifs is 1. The molecule has 1 fully saturated rings. The van der Waals surface area contributed by atoms with Crippen LogP contribution in [0.2, 0.25) is 0 Å². The number of ether oxygens (including phenoxy) is 1. The molecule has 0 N–H and O–H groups in total. The number of nitro benzene ring substituents is 1. The van der Waals surface area contributed by atoms with Crippen LogP contribution in [-0.4, -0.2) is 35.5 Å². The number of rotatable bonds is 7. The van der Waals surface area contributed by atoms with Gasteiger partial charge in [0.05, 0.1) is 22.6 Å². The SMILES string of the molecule is CCCCOc1ccc(C(=O)N2CCCCN2c2ccc([N+](=O)[O-])c3ccccc23)cc1. The van der Waals surface area contributed by atoms with Crippen LogP contribution in [0.3, 0.4) is 0 Å². The Labute approximate surface area is 187 Å². The highest BCUT2D eigenvalue weighted by Crippen LogP contribution is 2.35. The van der Waals surface area contributed by atoms with E-state index in [1.807, 2.05) is 29.3 Å². The Kier molecular flexibility index (Phi) is 6.54. The van der Waals surface area contributed by atoms with Crippen molar-refractivity contribution in [2.24, 2.45) is 0 Å². The number of nitrogens with zero attached hydrogens (tertiary/aromatic N) is 3. The number of hydrogen-bond donors (Lipinski definition) is 0. The quantitative estimate of drug-likeness (QED) is 0.276. The fraction of sp³-hybridized carbons (Fsp3) is 0.320. The molecule has 0 bridgehead atoms. The van der Waals surface area contributed by atoms with Crippen molar-refractivity contribution in [3.63, 3.8) is 0 Å². The molecule has 0 atom stereocenters. The van der Waals surface area contributed by atoms with E-state index in [0.29, 0.717) is 30.6 Å². The van der Waals surface area contributed by atoms with Gasteiger partial charge in [-0.05, 0) is 55.7 Å². The lowest BCUT2D eigenvalue weighted by Crippen LogP contribution is -2.50. The van der Waals surface area contributed by atoms with E-state index in [1.54, 1.807) is 35.3 Å². The first kappa shape index (κ1) is 21.6. The Bertz CT molecular complexity index is 1110. The Hall–Kier alpha value is -3.61. The molecule has 0 radical (unpaired) electrons. The van der Waals surface area contributed by atoms with E-state index in [4.69, 9.17) is 4.74 Å². The van der Waals surface area contributed by atoms with Crippen LogP contribution >= 0.6 is 0 Å². The molecular formula is C25H27N3O4.